The summed E-state index contributed by atoms with van der Waals surface area (Å²) in [5.74, 6) is 0.305. The molecule has 0 bridgehead atoms. The number of rotatable bonds is 4. The van der Waals surface area contributed by atoms with Crippen LogP contribution in [0.2, 0.25) is 5.02 Å². The zero-order valence-electron chi connectivity index (χ0n) is 12.8. The lowest BCUT2D eigenvalue weighted by atomic mass is 10.2. The Morgan fingerprint density at radius 3 is 3.00 bits per heavy atom. The van der Waals surface area contributed by atoms with E-state index in [9.17, 15) is 9.59 Å². The first-order valence-corrected chi connectivity index (χ1v) is 7.83. The zero-order valence-corrected chi connectivity index (χ0v) is 13.6. The third kappa shape index (κ3) is 2.76. The molecule has 9 heteroatoms. The van der Waals surface area contributed by atoms with Gasteiger partial charge in [-0.15, -0.1) is 5.10 Å². The van der Waals surface area contributed by atoms with E-state index in [0.29, 0.717) is 27.3 Å². The van der Waals surface area contributed by atoms with Crippen molar-refractivity contribution in [1.29, 1.82) is 0 Å². The van der Waals surface area contributed by atoms with E-state index in [4.69, 9.17) is 16.0 Å². The van der Waals surface area contributed by atoms with Crippen molar-refractivity contribution in [1.82, 2.24) is 24.7 Å². The van der Waals surface area contributed by atoms with Crippen LogP contribution in [0.15, 0.2) is 52.0 Å². The lowest BCUT2D eigenvalue weighted by molar-refractivity contribution is -0.121. The molecule has 4 rings (SSSR count). The van der Waals surface area contributed by atoms with E-state index in [1.54, 1.807) is 30.3 Å². The Bertz CT molecular complexity index is 1130. The van der Waals surface area contributed by atoms with Gasteiger partial charge in [-0.2, -0.15) is 4.52 Å². The maximum atomic E-state index is 12.8. The highest BCUT2D eigenvalue weighted by Gasteiger charge is 2.15. The molecule has 0 saturated heterocycles. The van der Waals surface area contributed by atoms with Gasteiger partial charge >= 0.3 is 0 Å². The Morgan fingerprint density at radius 2 is 2.20 bits per heavy atom. The average molecular weight is 358 g/mol. The molecule has 4 aromatic rings. The van der Waals surface area contributed by atoms with Crippen molar-refractivity contribution in [2.45, 2.75) is 13.1 Å². The summed E-state index contributed by atoms with van der Waals surface area (Å²) in [6.07, 6.45) is 2.96. The topological polar surface area (TPSA) is 94.4 Å². The Balaban J connectivity index is 1.72. The molecule has 0 aliphatic rings. The lowest BCUT2D eigenvalue weighted by Crippen LogP contribution is -2.33. The van der Waals surface area contributed by atoms with Crippen LogP contribution >= 0.6 is 11.6 Å². The highest BCUT2D eigenvalue weighted by molar-refractivity contribution is 6.31. The molecule has 0 radical (unpaired) electrons. The van der Waals surface area contributed by atoms with Crippen LogP contribution in [0.5, 0.6) is 0 Å². The molecule has 8 nitrogen and oxygen atoms in total. The highest BCUT2D eigenvalue weighted by Crippen LogP contribution is 2.17. The monoisotopic (exact) mass is 357 g/mol. The molecule has 1 N–H and O–H groups in total. The van der Waals surface area contributed by atoms with Crippen molar-refractivity contribution >= 4 is 34.1 Å². The molecule has 3 heterocycles. The van der Waals surface area contributed by atoms with Gasteiger partial charge in [0.1, 0.15) is 12.3 Å². The van der Waals surface area contributed by atoms with Gasteiger partial charge in [-0.25, -0.2) is 0 Å². The smallest absolute Gasteiger partial charge is 0.262 e. The second kappa shape index (κ2) is 6.06. The average Bonchev–Trinajstić information content (AvgIpc) is 3.28. The summed E-state index contributed by atoms with van der Waals surface area (Å²) < 4.78 is 7.98. The van der Waals surface area contributed by atoms with Crippen molar-refractivity contribution in [2.75, 3.05) is 0 Å². The summed E-state index contributed by atoms with van der Waals surface area (Å²) >= 11 is 6.01. The number of halogens is 1. The maximum Gasteiger partial charge on any atom is 0.262 e. The van der Waals surface area contributed by atoms with Gasteiger partial charge in [0.2, 0.25) is 5.91 Å². The molecule has 0 saturated carbocycles. The van der Waals surface area contributed by atoms with Crippen LogP contribution in [0.4, 0.5) is 0 Å². The number of nitrogens with one attached hydrogen (secondary N) is 1. The molecule has 0 aliphatic heterocycles. The normalized spacial score (nSPS) is 11.2. The minimum absolute atomic E-state index is 0.158. The van der Waals surface area contributed by atoms with Crippen LogP contribution in [0, 0.1) is 0 Å². The van der Waals surface area contributed by atoms with Crippen LogP contribution in [0.25, 0.3) is 16.6 Å². The second-order valence-electron chi connectivity index (χ2n) is 5.41. The molecule has 0 atom stereocenters. The molecule has 0 aliphatic carbocycles. The Kier molecular flexibility index (Phi) is 3.73. The number of nitrogens with zero attached hydrogens (tertiary/aromatic N) is 4. The summed E-state index contributed by atoms with van der Waals surface area (Å²) in [5, 5.41) is 11.4. The fourth-order valence-electron chi connectivity index (χ4n) is 2.65. The summed E-state index contributed by atoms with van der Waals surface area (Å²) in [7, 11) is 0. The van der Waals surface area contributed by atoms with E-state index >= 15 is 0 Å². The van der Waals surface area contributed by atoms with Crippen molar-refractivity contribution in [2.24, 2.45) is 0 Å². The first kappa shape index (κ1) is 15.4. The summed E-state index contributed by atoms with van der Waals surface area (Å²) in [4.78, 5) is 25.0. The van der Waals surface area contributed by atoms with Gasteiger partial charge in [0.25, 0.3) is 5.56 Å². The fourth-order valence-corrected chi connectivity index (χ4v) is 2.81. The van der Waals surface area contributed by atoms with Crippen molar-refractivity contribution in [3.63, 3.8) is 0 Å². The fraction of sp³-hybridized carbons (Fsp3) is 0.125. The van der Waals surface area contributed by atoms with Gasteiger partial charge in [-0.05, 0) is 30.3 Å². The SMILES string of the molecule is O=C(Cn1c(=O)c2ccc(Cl)cc2n2nncc12)NCc1ccco1. The largest absolute Gasteiger partial charge is 0.467 e. The first-order valence-electron chi connectivity index (χ1n) is 7.45. The predicted octanol–water partition coefficient (Wildman–Crippen LogP) is 1.61. The number of furan rings is 1. The van der Waals surface area contributed by atoms with Crippen LogP contribution < -0.4 is 10.9 Å². The van der Waals surface area contributed by atoms with Gasteiger partial charge in [0.05, 0.1) is 29.9 Å². The number of benzene rings is 1. The van der Waals surface area contributed by atoms with Gasteiger partial charge < -0.3 is 9.73 Å². The molecule has 0 fully saturated rings. The Labute approximate surface area is 145 Å². The van der Waals surface area contributed by atoms with E-state index in [-0.39, 0.29) is 24.6 Å². The molecule has 126 valence electrons. The Morgan fingerprint density at radius 1 is 1.32 bits per heavy atom. The number of hydrogen-bond donors (Lipinski definition) is 1. The molecule has 0 spiro atoms. The van der Waals surface area contributed by atoms with Crippen molar-refractivity contribution in [3.8, 4) is 0 Å². The quantitative estimate of drug-likeness (QED) is 0.598. The number of hydrogen-bond acceptors (Lipinski definition) is 5. The van der Waals surface area contributed by atoms with Crippen LogP contribution in [0.3, 0.4) is 0 Å². The van der Waals surface area contributed by atoms with Crippen LogP contribution in [-0.2, 0) is 17.9 Å². The number of carbonyl (C=O) groups is 1. The highest BCUT2D eigenvalue weighted by atomic mass is 35.5. The van der Waals surface area contributed by atoms with Crippen LogP contribution in [-0.4, -0.2) is 25.3 Å². The molecular weight excluding hydrogens is 346 g/mol. The van der Waals surface area contributed by atoms with Gasteiger partial charge in [-0.3, -0.25) is 14.2 Å². The van der Waals surface area contributed by atoms with E-state index in [1.807, 2.05) is 0 Å². The lowest BCUT2D eigenvalue weighted by Gasteiger charge is -2.10. The van der Waals surface area contributed by atoms with Gasteiger partial charge in [-0.1, -0.05) is 16.8 Å². The predicted molar refractivity (Wildman–Crippen MR) is 90.3 cm³/mol. The molecule has 1 aromatic carbocycles. The minimum Gasteiger partial charge on any atom is -0.467 e. The van der Waals surface area contributed by atoms with E-state index in [1.165, 1.54) is 21.5 Å². The molecule has 0 unspecified atom stereocenters. The molecule has 25 heavy (non-hydrogen) atoms. The van der Waals surface area contributed by atoms with E-state index in [2.05, 4.69) is 15.6 Å². The second-order valence-corrected chi connectivity index (χ2v) is 5.85. The number of aromatic nitrogens is 4. The molecule has 3 aromatic heterocycles. The number of amides is 1. The van der Waals surface area contributed by atoms with Gasteiger partial charge in [0.15, 0.2) is 5.65 Å². The third-order valence-electron chi connectivity index (χ3n) is 3.81. The van der Waals surface area contributed by atoms with Crippen LogP contribution in [0.1, 0.15) is 5.76 Å². The van der Waals surface area contributed by atoms with Crippen molar-refractivity contribution < 1.29 is 9.21 Å². The standard InChI is InChI=1S/C16H12ClN5O3/c17-10-3-4-12-13(6-10)22-15(8-19-20-22)21(16(12)24)9-14(23)18-7-11-2-1-5-25-11/h1-6,8H,7,9H2,(H,18,23). The first-order chi connectivity index (χ1) is 12.1. The number of fused-ring (bicyclic) bond motifs is 3. The van der Waals surface area contributed by atoms with E-state index < -0.39 is 0 Å². The zero-order chi connectivity index (χ0) is 17.4. The number of carbonyl (C=O) groups excluding carboxylic acids is 1. The Hall–Kier alpha value is -3.13. The maximum absolute atomic E-state index is 12.8. The summed E-state index contributed by atoms with van der Waals surface area (Å²) in [6.45, 7) is 0.0898. The summed E-state index contributed by atoms with van der Waals surface area (Å²) in [5.41, 5.74) is 0.639. The summed E-state index contributed by atoms with van der Waals surface area (Å²) in [6, 6.07) is 8.36. The van der Waals surface area contributed by atoms with Crippen molar-refractivity contribution in [3.05, 3.63) is 63.9 Å². The third-order valence-corrected chi connectivity index (χ3v) is 4.05. The van der Waals surface area contributed by atoms with Gasteiger partial charge in [0, 0.05) is 5.02 Å². The minimum atomic E-state index is -0.324. The molecular formula is C16H12ClN5O3. The molecule has 1 amide bonds. The van der Waals surface area contributed by atoms with E-state index in [0.717, 1.165) is 0 Å².